The van der Waals surface area contributed by atoms with Crippen molar-refractivity contribution in [2.75, 3.05) is 0 Å². The van der Waals surface area contributed by atoms with Gasteiger partial charge in [0.05, 0.1) is 10.7 Å². The van der Waals surface area contributed by atoms with Crippen LogP contribution in [-0.2, 0) is 6.42 Å². The number of hydrogen-bond donors (Lipinski definition) is 0. The minimum Gasteiger partial charge on any atom is -0.241 e. The smallest absolute Gasteiger partial charge is 0.0904 e. The number of thiazole rings is 1. The second kappa shape index (κ2) is 4.45. The van der Waals surface area contributed by atoms with Crippen molar-refractivity contribution < 1.29 is 0 Å². The molecule has 2 rings (SSSR count). The molecule has 0 aliphatic heterocycles. The van der Waals surface area contributed by atoms with E-state index in [2.05, 4.69) is 46.9 Å². The van der Waals surface area contributed by atoms with E-state index in [0.29, 0.717) is 0 Å². The van der Waals surface area contributed by atoms with Gasteiger partial charge in [-0.15, -0.1) is 11.3 Å². The lowest BCUT2D eigenvalue weighted by Gasteiger charge is -2.02. The van der Waals surface area contributed by atoms with Gasteiger partial charge in [0.25, 0.3) is 0 Å². The molecule has 15 heavy (non-hydrogen) atoms. The van der Waals surface area contributed by atoms with Crippen LogP contribution >= 0.6 is 27.3 Å². The van der Waals surface area contributed by atoms with Crippen LogP contribution in [0.3, 0.4) is 0 Å². The van der Waals surface area contributed by atoms with Gasteiger partial charge in [-0.25, -0.2) is 4.98 Å². The Hall–Kier alpha value is -0.670. The van der Waals surface area contributed by atoms with Crippen LogP contribution < -0.4 is 0 Å². The van der Waals surface area contributed by atoms with Crippen molar-refractivity contribution in [3.05, 3.63) is 38.6 Å². The molecular formula is C12H12BrNS. The third-order valence-electron chi connectivity index (χ3n) is 2.25. The predicted molar refractivity (Wildman–Crippen MR) is 69.4 cm³/mol. The fraction of sp³-hybridized carbons (Fsp3) is 0.250. The van der Waals surface area contributed by atoms with Gasteiger partial charge in [-0.2, -0.15) is 0 Å². The summed E-state index contributed by atoms with van der Waals surface area (Å²) in [5, 5.41) is 1.14. The van der Waals surface area contributed by atoms with Gasteiger partial charge < -0.3 is 0 Å². The number of aromatic nitrogens is 1. The van der Waals surface area contributed by atoms with Crippen LogP contribution in [0.1, 0.15) is 16.8 Å². The zero-order chi connectivity index (χ0) is 10.8. The molecule has 0 aliphatic rings. The average Bonchev–Trinajstić information content (AvgIpc) is 2.60. The van der Waals surface area contributed by atoms with E-state index in [-0.39, 0.29) is 0 Å². The summed E-state index contributed by atoms with van der Waals surface area (Å²) in [6.45, 7) is 4.23. The zero-order valence-corrected chi connectivity index (χ0v) is 11.2. The van der Waals surface area contributed by atoms with Crippen molar-refractivity contribution in [1.29, 1.82) is 0 Å². The quantitative estimate of drug-likeness (QED) is 0.793. The summed E-state index contributed by atoms with van der Waals surface area (Å²) in [5.74, 6) is 0. The van der Waals surface area contributed by atoms with E-state index in [1.165, 1.54) is 10.4 Å². The molecule has 0 fully saturated rings. The van der Waals surface area contributed by atoms with Crippen molar-refractivity contribution in [2.45, 2.75) is 20.3 Å². The van der Waals surface area contributed by atoms with Crippen LogP contribution in [0.2, 0.25) is 0 Å². The third kappa shape index (κ3) is 2.13. The minimum atomic E-state index is 1.04. The molecule has 1 aromatic carbocycles. The molecule has 1 nitrogen and oxygen atoms in total. The Kier molecular flexibility index (Phi) is 3.22. The monoisotopic (exact) mass is 281 g/mol. The van der Waals surface area contributed by atoms with Crippen LogP contribution in [0.25, 0.3) is 11.3 Å². The van der Waals surface area contributed by atoms with Crippen LogP contribution in [0.4, 0.5) is 0 Å². The van der Waals surface area contributed by atoms with Crippen LogP contribution in [0, 0.1) is 6.92 Å². The molecule has 2 aromatic rings. The summed E-state index contributed by atoms with van der Waals surface area (Å²) < 4.78 is 1.12. The molecule has 0 spiro atoms. The van der Waals surface area contributed by atoms with E-state index in [9.17, 15) is 0 Å². The fourth-order valence-corrected chi connectivity index (χ4v) is 2.94. The van der Waals surface area contributed by atoms with Crippen molar-refractivity contribution in [2.24, 2.45) is 0 Å². The summed E-state index contributed by atoms with van der Waals surface area (Å²) >= 11 is 5.36. The highest BCUT2D eigenvalue weighted by atomic mass is 79.9. The van der Waals surface area contributed by atoms with Crippen molar-refractivity contribution in [3.8, 4) is 11.3 Å². The zero-order valence-electron chi connectivity index (χ0n) is 8.75. The Morgan fingerprint density at radius 2 is 2.07 bits per heavy atom. The molecule has 3 heteroatoms. The number of aryl methyl sites for hydroxylation is 2. The van der Waals surface area contributed by atoms with Gasteiger partial charge >= 0.3 is 0 Å². The molecule has 0 aliphatic carbocycles. The van der Waals surface area contributed by atoms with E-state index in [0.717, 1.165) is 21.6 Å². The molecule has 0 saturated carbocycles. The van der Waals surface area contributed by atoms with Gasteiger partial charge in [0.1, 0.15) is 0 Å². The first-order chi connectivity index (χ1) is 7.22. The lowest BCUT2D eigenvalue weighted by Crippen LogP contribution is -1.84. The number of rotatable bonds is 2. The van der Waals surface area contributed by atoms with E-state index >= 15 is 0 Å². The summed E-state index contributed by atoms with van der Waals surface area (Å²) in [6.07, 6.45) is 1.04. The Morgan fingerprint density at radius 3 is 2.73 bits per heavy atom. The van der Waals surface area contributed by atoms with E-state index in [4.69, 9.17) is 0 Å². The highest BCUT2D eigenvalue weighted by molar-refractivity contribution is 9.10. The normalized spacial score (nSPS) is 10.6. The Morgan fingerprint density at radius 1 is 1.33 bits per heavy atom. The number of nitrogens with zero attached hydrogens (tertiary/aromatic N) is 1. The van der Waals surface area contributed by atoms with E-state index in [1.54, 1.807) is 11.3 Å². The predicted octanol–water partition coefficient (Wildman–Crippen LogP) is 4.44. The maximum Gasteiger partial charge on any atom is 0.0904 e. The van der Waals surface area contributed by atoms with Crippen LogP contribution in [0.15, 0.2) is 28.7 Å². The highest BCUT2D eigenvalue weighted by Crippen LogP contribution is 2.33. The Labute approximate surface area is 102 Å². The van der Waals surface area contributed by atoms with Gasteiger partial charge in [0, 0.05) is 14.9 Å². The minimum absolute atomic E-state index is 1.04. The standard InChI is InChI=1S/C12H12BrNS/c1-3-11-12(14-8(2)15-11)9-6-4-5-7-10(9)13/h4-7H,3H2,1-2H3. The maximum atomic E-state index is 4.60. The molecule has 1 aromatic heterocycles. The van der Waals surface area contributed by atoms with Gasteiger partial charge in [-0.3, -0.25) is 0 Å². The Bertz CT molecular complexity index is 476. The fourth-order valence-electron chi connectivity index (χ4n) is 1.57. The second-order valence-corrected chi connectivity index (χ2v) is 5.48. The number of halogens is 1. The molecule has 0 N–H and O–H groups in total. The lowest BCUT2D eigenvalue weighted by atomic mass is 10.1. The molecule has 0 saturated heterocycles. The lowest BCUT2D eigenvalue weighted by molar-refractivity contribution is 1.16. The molecule has 78 valence electrons. The largest absolute Gasteiger partial charge is 0.241 e. The average molecular weight is 282 g/mol. The summed E-state index contributed by atoms with van der Waals surface area (Å²) in [7, 11) is 0. The molecule has 0 radical (unpaired) electrons. The van der Waals surface area contributed by atoms with Crippen molar-refractivity contribution in [3.63, 3.8) is 0 Å². The summed E-state index contributed by atoms with van der Waals surface area (Å²) in [5.41, 5.74) is 2.33. The van der Waals surface area contributed by atoms with E-state index < -0.39 is 0 Å². The van der Waals surface area contributed by atoms with Crippen molar-refractivity contribution in [1.82, 2.24) is 4.98 Å². The van der Waals surface area contributed by atoms with E-state index in [1.807, 2.05) is 12.1 Å². The van der Waals surface area contributed by atoms with Gasteiger partial charge in [0.2, 0.25) is 0 Å². The summed E-state index contributed by atoms with van der Waals surface area (Å²) in [4.78, 5) is 5.96. The highest BCUT2D eigenvalue weighted by Gasteiger charge is 2.11. The third-order valence-corrected chi connectivity index (χ3v) is 4.06. The molecule has 0 atom stereocenters. The maximum absolute atomic E-state index is 4.60. The first kappa shape index (κ1) is 10.8. The SMILES string of the molecule is CCc1sc(C)nc1-c1ccccc1Br. The van der Waals surface area contributed by atoms with Crippen LogP contribution in [-0.4, -0.2) is 4.98 Å². The molecule has 0 unspecified atom stereocenters. The van der Waals surface area contributed by atoms with Gasteiger partial charge in [-0.1, -0.05) is 41.1 Å². The van der Waals surface area contributed by atoms with Gasteiger partial charge in [0.15, 0.2) is 0 Å². The van der Waals surface area contributed by atoms with Crippen molar-refractivity contribution >= 4 is 27.3 Å². The second-order valence-electron chi connectivity index (χ2n) is 3.34. The number of benzene rings is 1. The molecule has 0 bridgehead atoms. The first-order valence-electron chi connectivity index (χ1n) is 4.93. The number of hydrogen-bond acceptors (Lipinski definition) is 2. The molecule has 1 heterocycles. The first-order valence-corrected chi connectivity index (χ1v) is 6.54. The topological polar surface area (TPSA) is 12.9 Å². The molecule has 0 amide bonds. The van der Waals surface area contributed by atoms with Crippen LogP contribution in [0.5, 0.6) is 0 Å². The Balaban J connectivity index is 2.58. The molecular weight excluding hydrogens is 270 g/mol. The summed E-state index contributed by atoms with van der Waals surface area (Å²) in [6, 6.07) is 8.24. The van der Waals surface area contributed by atoms with Gasteiger partial charge in [-0.05, 0) is 19.4 Å².